The quantitative estimate of drug-likeness (QED) is 0.806. The third kappa shape index (κ3) is 3.21. The Labute approximate surface area is 133 Å². The van der Waals surface area contributed by atoms with Gasteiger partial charge in [0.05, 0.1) is 16.4 Å². The van der Waals surface area contributed by atoms with Gasteiger partial charge in [-0.2, -0.15) is 5.10 Å². The first-order valence-electron chi connectivity index (χ1n) is 5.88. The molecular weight excluding hydrogens is 395 g/mol. The summed E-state index contributed by atoms with van der Waals surface area (Å²) in [6.07, 6.45) is 1.87. The van der Waals surface area contributed by atoms with Crippen molar-refractivity contribution in [2.24, 2.45) is 0 Å². The first-order chi connectivity index (χ1) is 9.04. The summed E-state index contributed by atoms with van der Waals surface area (Å²) >= 11 is 12.9. The second-order valence-electron chi connectivity index (χ2n) is 4.17. The van der Waals surface area contributed by atoms with Crippen LogP contribution in [-0.2, 0) is 6.54 Å². The van der Waals surface area contributed by atoms with Gasteiger partial charge in [-0.05, 0) is 40.5 Å². The number of aryl methyl sites for hydroxylation is 1. The fourth-order valence-electron chi connectivity index (χ4n) is 1.91. The number of benzene rings is 1. The molecule has 102 valence electrons. The molecule has 19 heavy (non-hydrogen) atoms. The molecule has 0 amide bonds. The highest BCUT2D eigenvalue weighted by molar-refractivity contribution is 9.10. The monoisotopic (exact) mass is 406 g/mol. The Morgan fingerprint density at radius 3 is 2.79 bits per heavy atom. The van der Waals surface area contributed by atoms with Gasteiger partial charge in [0.25, 0.3) is 0 Å². The number of nitrogens with zero attached hydrogens (tertiary/aromatic N) is 2. The fraction of sp³-hybridized carbons (Fsp3) is 0.308. The van der Waals surface area contributed by atoms with Gasteiger partial charge >= 0.3 is 0 Å². The van der Waals surface area contributed by atoms with E-state index in [1.54, 1.807) is 18.3 Å². The van der Waals surface area contributed by atoms with Crippen molar-refractivity contribution >= 4 is 43.5 Å². The van der Waals surface area contributed by atoms with Crippen LogP contribution in [0.3, 0.4) is 0 Å². The zero-order chi connectivity index (χ0) is 14.0. The molecule has 0 radical (unpaired) electrons. The van der Waals surface area contributed by atoms with Gasteiger partial charge in [-0.15, -0.1) is 0 Å². The molecule has 1 heterocycles. The lowest BCUT2D eigenvalue weighted by Gasteiger charge is -2.16. The van der Waals surface area contributed by atoms with E-state index in [0.717, 1.165) is 33.2 Å². The minimum absolute atomic E-state index is 0.593. The van der Waals surface area contributed by atoms with Crippen LogP contribution in [0.2, 0.25) is 5.02 Å². The standard InChI is InChI=1S/C13H13Br2ClN2O/c1-2-5-18-12(11(15)7-17-18)13(19)9-6-8(16)3-4-10(9)14/h3-4,6-7,13,19H,2,5H2,1H3. The van der Waals surface area contributed by atoms with E-state index in [2.05, 4.69) is 43.9 Å². The molecule has 1 unspecified atom stereocenters. The Bertz CT molecular complexity index is 586. The van der Waals surface area contributed by atoms with Gasteiger partial charge in [-0.25, -0.2) is 0 Å². The average Bonchev–Trinajstić information content (AvgIpc) is 2.73. The topological polar surface area (TPSA) is 38.0 Å². The van der Waals surface area contributed by atoms with Crippen molar-refractivity contribution in [2.45, 2.75) is 26.0 Å². The smallest absolute Gasteiger partial charge is 0.123 e. The van der Waals surface area contributed by atoms with Crippen LogP contribution in [0.25, 0.3) is 0 Å². The highest BCUT2D eigenvalue weighted by atomic mass is 79.9. The number of aliphatic hydroxyl groups excluding tert-OH is 1. The van der Waals surface area contributed by atoms with Gasteiger partial charge in [0, 0.05) is 21.6 Å². The molecule has 3 nitrogen and oxygen atoms in total. The minimum atomic E-state index is -0.781. The fourth-order valence-corrected chi connectivity index (χ4v) is 3.06. The molecule has 0 saturated carbocycles. The molecule has 0 aliphatic heterocycles. The third-order valence-corrected chi connectivity index (χ3v) is 4.35. The van der Waals surface area contributed by atoms with Gasteiger partial charge in [0.2, 0.25) is 0 Å². The molecule has 1 atom stereocenters. The van der Waals surface area contributed by atoms with Crippen molar-refractivity contribution in [1.82, 2.24) is 9.78 Å². The van der Waals surface area contributed by atoms with E-state index in [-0.39, 0.29) is 0 Å². The molecule has 0 saturated heterocycles. The lowest BCUT2D eigenvalue weighted by molar-refractivity contribution is 0.206. The molecule has 2 rings (SSSR count). The Kier molecular flexibility index (Phi) is 5.06. The Hall–Kier alpha value is -0.360. The lowest BCUT2D eigenvalue weighted by Crippen LogP contribution is -2.11. The van der Waals surface area contributed by atoms with Crippen LogP contribution in [0.4, 0.5) is 0 Å². The molecular formula is C13H13Br2ClN2O. The summed E-state index contributed by atoms with van der Waals surface area (Å²) in [4.78, 5) is 0. The van der Waals surface area contributed by atoms with Crippen LogP contribution in [0, 0.1) is 0 Å². The predicted octanol–water partition coefficient (Wildman–Crippen LogP) is 4.55. The second kappa shape index (κ2) is 6.39. The number of halogens is 3. The van der Waals surface area contributed by atoms with Crippen LogP contribution in [-0.4, -0.2) is 14.9 Å². The Morgan fingerprint density at radius 2 is 2.11 bits per heavy atom. The van der Waals surface area contributed by atoms with Crippen LogP contribution in [0.5, 0.6) is 0 Å². The molecule has 1 N–H and O–H groups in total. The summed E-state index contributed by atoms with van der Waals surface area (Å²) < 4.78 is 3.42. The predicted molar refractivity (Wildman–Crippen MR) is 83.4 cm³/mol. The second-order valence-corrected chi connectivity index (χ2v) is 6.31. The summed E-state index contributed by atoms with van der Waals surface area (Å²) in [5.41, 5.74) is 1.47. The van der Waals surface area contributed by atoms with Crippen molar-refractivity contribution in [1.29, 1.82) is 0 Å². The molecule has 0 aliphatic rings. The van der Waals surface area contributed by atoms with Crippen LogP contribution < -0.4 is 0 Å². The first-order valence-corrected chi connectivity index (χ1v) is 7.85. The highest BCUT2D eigenvalue weighted by Crippen LogP contribution is 2.34. The summed E-state index contributed by atoms with van der Waals surface area (Å²) in [6.45, 7) is 2.83. The van der Waals surface area contributed by atoms with E-state index < -0.39 is 6.10 Å². The van der Waals surface area contributed by atoms with E-state index in [4.69, 9.17) is 11.6 Å². The van der Waals surface area contributed by atoms with Crippen molar-refractivity contribution < 1.29 is 5.11 Å². The molecule has 0 aliphatic carbocycles. The maximum absolute atomic E-state index is 10.6. The van der Waals surface area contributed by atoms with Crippen molar-refractivity contribution in [2.75, 3.05) is 0 Å². The van der Waals surface area contributed by atoms with E-state index in [1.807, 2.05) is 10.7 Å². The molecule has 6 heteroatoms. The number of aliphatic hydroxyl groups is 1. The summed E-state index contributed by atoms with van der Waals surface area (Å²) in [7, 11) is 0. The SMILES string of the molecule is CCCn1ncc(Br)c1C(O)c1cc(Cl)ccc1Br. The van der Waals surface area contributed by atoms with Crippen LogP contribution in [0.15, 0.2) is 33.3 Å². The number of rotatable bonds is 4. The molecule has 0 spiro atoms. The average molecular weight is 409 g/mol. The molecule has 1 aromatic carbocycles. The largest absolute Gasteiger partial charge is 0.382 e. The van der Waals surface area contributed by atoms with E-state index in [9.17, 15) is 5.11 Å². The van der Waals surface area contributed by atoms with Crippen molar-refractivity contribution in [3.8, 4) is 0 Å². The van der Waals surface area contributed by atoms with Crippen molar-refractivity contribution in [3.63, 3.8) is 0 Å². The molecule has 0 fully saturated rings. The van der Waals surface area contributed by atoms with E-state index in [0.29, 0.717) is 5.02 Å². The summed E-state index contributed by atoms with van der Waals surface area (Å²) in [6, 6.07) is 5.36. The zero-order valence-electron chi connectivity index (χ0n) is 10.3. The van der Waals surface area contributed by atoms with Gasteiger partial charge in [-0.1, -0.05) is 34.5 Å². The number of aromatic nitrogens is 2. The van der Waals surface area contributed by atoms with Crippen molar-refractivity contribution in [3.05, 3.63) is 49.6 Å². The van der Waals surface area contributed by atoms with Gasteiger partial charge in [0.1, 0.15) is 6.10 Å². The van der Waals surface area contributed by atoms with E-state index in [1.165, 1.54) is 0 Å². The van der Waals surface area contributed by atoms with Gasteiger partial charge in [0.15, 0.2) is 0 Å². The third-order valence-electron chi connectivity index (χ3n) is 2.78. The zero-order valence-corrected chi connectivity index (χ0v) is 14.2. The van der Waals surface area contributed by atoms with Gasteiger partial charge < -0.3 is 5.11 Å². The van der Waals surface area contributed by atoms with Crippen LogP contribution >= 0.6 is 43.5 Å². The summed E-state index contributed by atoms with van der Waals surface area (Å²) in [5, 5.41) is 15.5. The molecule has 2 aromatic rings. The Morgan fingerprint density at radius 1 is 1.37 bits per heavy atom. The maximum atomic E-state index is 10.6. The number of hydrogen-bond acceptors (Lipinski definition) is 2. The first kappa shape index (κ1) is 15.0. The normalized spacial score (nSPS) is 12.7. The lowest BCUT2D eigenvalue weighted by atomic mass is 10.1. The van der Waals surface area contributed by atoms with E-state index >= 15 is 0 Å². The Balaban J connectivity index is 2.46. The number of hydrogen-bond donors (Lipinski definition) is 1. The molecule has 1 aromatic heterocycles. The molecule has 0 bridgehead atoms. The highest BCUT2D eigenvalue weighted by Gasteiger charge is 2.21. The van der Waals surface area contributed by atoms with Gasteiger partial charge in [-0.3, -0.25) is 4.68 Å². The minimum Gasteiger partial charge on any atom is -0.382 e. The summed E-state index contributed by atoms with van der Waals surface area (Å²) in [5.74, 6) is 0. The van der Waals surface area contributed by atoms with Crippen LogP contribution in [0.1, 0.15) is 30.7 Å². The maximum Gasteiger partial charge on any atom is 0.123 e.